The topological polar surface area (TPSA) is 38.0 Å². The molecule has 1 aliphatic rings. The molecule has 0 aromatic carbocycles. The lowest BCUT2D eigenvalue weighted by Crippen LogP contribution is -2.17. The molecule has 0 spiro atoms. The van der Waals surface area contributed by atoms with Gasteiger partial charge in [0, 0.05) is 13.2 Å². The number of aromatic nitrogens is 2. The van der Waals surface area contributed by atoms with Crippen LogP contribution < -0.4 is 0 Å². The molecule has 2 rings (SSSR count). The third-order valence-corrected chi connectivity index (χ3v) is 3.76. The zero-order valence-corrected chi connectivity index (χ0v) is 10.1. The van der Waals surface area contributed by atoms with Gasteiger partial charge in [-0.2, -0.15) is 5.10 Å². The molecule has 90 valence electrons. The van der Waals surface area contributed by atoms with Gasteiger partial charge in [0.15, 0.2) is 0 Å². The van der Waals surface area contributed by atoms with Gasteiger partial charge in [-0.3, -0.25) is 4.68 Å². The molecule has 0 aliphatic heterocycles. The fourth-order valence-electron chi connectivity index (χ4n) is 2.72. The Morgan fingerprint density at radius 3 is 2.44 bits per heavy atom. The molecule has 0 amide bonds. The highest BCUT2D eigenvalue weighted by Gasteiger charge is 2.23. The van der Waals surface area contributed by atoms with Crippen molar-refractivity contribution in [2.75, 3.05) is 0 Å². The zero-order valence-electron chi connectivity index (χ0n) is 10.1. The van der Waals surface area contributed by atoms with Crippen molar-refractivity contribution < 1.29 is 5.11 Å². The van der Waals surface area contributed by atoms with E-state index in [0.717, 1.165) is 18.5 Å². The van der Waals surface area contributed by atoms with E-state index in [9.17, 15) is 5.11 Å². The first-order chi connectivity index (χ1) is 7.79. The quantitative estimate of drug-likeness (QED) is 0.835. The minimum Gasteiger partial charge on any atom is -0.387 e. The summed E-state index contributed by atoms with van der Waals surface area (Å²) < 4.78 is 1.80. The normalized spacial score (nSPS) is 21.4. The maximum absolute atomic E-state index is 10.4. The number of aryl methyl sites for hydroxylation is 1. The molecule has 1 saturated carbocycles. The summed E-state index contributed by atoms with van der Waals surface area (Å²) in [7, 11) is 1.90. The predicted octanol–water partition coefficient (Wildman–Crippen LogP) is 2.81. The van der Waals surface area contributed by atoms with Crippen LogP contribution in [0.4, 0.5) is 0 Å². The van der Waals surface area contributed by atoms with Crippen LogP contribution in [0.2, 0.25) is 0 Å². The molecule has 1 heterocycles. The van der Waals surface area contributed by atoms with Crippen molar-refractivity contribution in [3.8, 4) is 0 Å². The van der Waals surface area contributed by atoms with Crippen LogP contribution in [0.25, 0.3) is 0 Å². The van der Waals surface area contributed by atoms with Crippen LogP contribution >= 0.6 is 0 Å². The number of rotatable bonds is 2. The van der Waals surface area contributed by atoms with Crippen molar-refractivity contribution in [1.82, 2.24) is 9.78 Å². The third-order valence-electron chi connectivity index (χ3n) is 3.76. The number of nitrogens with zero attached hydrogens (tertiary/aromatic N) is 2. The SMILES string of the molecule is Cn1nccc1C(O)C1CCCCCCC1. The van der Waals surface area contributed by atoms with Gasteiger partial charge in [0.05, 0.1) is 11.8 Å². The molecule has 1 atom stereocenters. The van der Waals surface area contributed by atoms with Crippen molar-refractivity contribution in [3.05, 3.63) is 18.0 Å². The zero-order chi connectivity index (χ0) is 11.4. The van der Waals surface area contributed by atoms with E-state index in [-0.39, 0.29) is 6.10 Å². The Kier molecular flexibility index (Phi) is 3.99. The van der Waals surface area contributed by atoms with Gasteiger partial charge in [0.2, 0.25) is 0 Å². The summed E-state index contributed by atoms with van der Waals surface area (Å²) in [5.41, 5.74) is 0.963. The second-order valence-corrected chi connectivity index (χ2v) is 4.93. The lowest BCUT2D eigenvalue weighted by atomic mass is 9.86. The molecule has 0 bridgehead atoms. The molecule has 1 unspecified atom stereocenters. The van der Waals surface area contributed by atoms with Crippen LogP contribution in [0.3, 0.4) is 0 Å². The Bertz CT molecular complexity index is 313. The van der Waals surface area contributed by atoms with Crippen molar-refractivity contribution in [3.63, 3.8) is 0 Å². The van der Waals surface area contributed by atoms with Crippen LogP contribution in [-0.4, -0.2) is 14.9 Å². The summed E-state index contributed by atoms with van der Waals surface area (Å²) in [5, 5.41) is 14.5. The highest BCUT2D eigenvalue weighted by atomic mass is 16.3. The van der Waals surface area contributed by atoms with Crippen LogP contribution in [0.15, 0.2) is 12.3 Å². The number of hydrogen-bond donors (Lipinski definition) is 1. The number of aliphatic hydroxyl groups is 1. The fourth-order valence-corrected chi connectivity index (χ4v) is 2.72. The first-order valence-corrected chi connectivity index (χ1v) is 6.45. The largest absolute Gasteiger partial charge is 0.387 e. The van der Waals surface area contributed by atoms with E-state index < -0.39 is 0 Å². The van der Waals surface area contributed by atoms with Gasteiger partial charge in [-0.05, 0) is 24.8 Å². The van der Waals surface area contributed by atoms with Gasteiger partial charge in [0.25, 0.3) is 0 Å². The van der Waals surface area contributed by atoms with Gasteiger partial charge < -0.3 is 5.11 Å². The Morgan fingerprint density at radius 2 is 1.88 bits per heavy atom. The summed E-state index contributed by atoms with van der Waals surface area (Å²) >= 11 is 0. The Balaban J connectivity index is 2.02. The summed E-state index contributed by atoms with van der Waals surface area (Å²) in [5.74, 6) is 0.427. The molecule has 16 heavy (non-hydrogen) atoms. The van der Waals surface area contributed by atoms with Gasteiger partial charge in [-0.25, -0.2) is 0 Å². The Morgan fingerprint density at radius 1 is 1.25 bits per heavy atom. The molecule has 3 nitrogen and oxygen atoms in total. The lowest BCUT2D eigenvalue weighted by molar-refractivity contribution is 0.0839. The average Bonchev–Trinajstić information content (AvgIpc) is 2.63. The van der Waals surface area contributed by atoms with Gasteiger partial charge in [-0.15, -0.1) is 0 Å². The number of hydrogen-bond acceptors (Lipinski definition) is 2. The van der Waals surface area contributed by atoms with E-state index in [1.807, 2.05) is 13.1 Å². The van der Waals surface area contributed by atoms with Crippen molar-refractivity contribution in [2.45, 2.75) is 51.0 Å². The molecule has 0 radical (unpaired) electrons. The van der Waals surface area contributed by atoms with E-state index in [1.165, 1.54) is 32.1 Å². The number of aliphatic hydroxyl groups excluding tert-OH is 1. The first kappa shape index (κ1) is 11.6. The smallest absolute Gasteiger partial charge is 0.0984 e. The lowest BCUT2D eigenvalue weighted by Gasteiger charge is -2.24. The summed E-state index contributed by atoms with van der Waals surface area (Å²) in [6.45, 7) is 0. The van der Waals surface area contributed by atoms with Crippen LogP contribution in [0.5, 0.6) is 0 Å². The first-order valence-electron chi connectivity index (χ1n) is 6.45. The Labute approximate surface area is 97.5 Å². The predicted molar refractivity (Wildman–Crippen MR) is 64.0 cm³/mol. The minimum absolute atomic E-state index is 0.328. The molecule has 1 fully saturated rings. The van der Waals surface area contributed by atoms with Gasteiger partial charge in [0.1, 0.15) is 0 Å². The maximum Gasteiger partial charge on any atom is 0.0984 e. The molecule has 1 aliphatic carbocycles. The van der Waals surface area contributed by atoms with Crippen LogP contribution in [0.1, 0.15) is 56.7 Å². The van der Waals surface area contributed by atoms with Crippen molar-refractivity contribution in [1.29, 1.82) is 0 Å². The van der Waals surface area contributed by atoms with E-state index in [2.05, 4.69) is 5.10 Å². The fraction of sp³-hybridized carbons (Fsp3) is 0.769. The van der Waals surface area contributed by atoms with E-state index in [4.69, 9.17) is 0 Å². The van der Waals surface area contributed by atoms with Gasteiger partial charge >= 0.3 is 0 Å². The monoisotopic (exact) mass is 222 g/mol. The van der Waals surface area contributed by atoms with Crippen LogP contribution in [0, 0.1) is 5.92 Å². The molecular formula is C13H22N2O. The molecule has 0 saturated heterocycles. The third kappa shape index (κ3) is 2.64. The molecule has 1 aromatic rings. The average molecular weight is 222 g/mol. The van der Waals surface area contributed by atoms with E-state index in [0.29, 0.717) is 5.92 Å². The summed E-state index contributed by atoms with van der Waals surface area (Å²) in [6.07, 6.45) is 10.3. The second kappa shape index (κ2) is 5.48. The summed E-state index contributed by atoms with van der Waals surface area (Å²) in [4.78, 5) is 0. The standard InChI is InChI=1S/C13H22N2O/c1-15-12(9-10-14-15)13(16)11-7-5-3-2-4-6-8-11/h9-11,13,16H,2-8H2,1H3. The Hall–Kier alpha value is -0.830. The molecule has 3 heteroatoms. The second-order valence-electron chi connectivity index (χ2n) is 4.93. The molecular weight excluding hydrogens is 200 g/mol. The molecule has 1 N–H and O–H groups in total. The molecule has 1 aromatic heterocycles. The van der Waals surface area contributed by atoms with Crippen molar-refractivity contribution in [2.24, 2.45) is 13.0 Å². The van der Waals surface area contributed by atoms with Crippen LogP contribution in [-0.2, 0) is 7.05 Å². The maximum atomic E-state index is 10.4. The van der Waals surface area contributed by atoms with Gasteiger partial charge in [-0.1, -0.05) is 32.1 Å². The van der Waals surface area contributed by atoms with Crippen molar-refractivity contribution >= 4 is 0 Å². The highest BCUT2D eigenvalue weighted by Crippen LogP contribution is 2.32. The van der Waals surface area contributed by atoms with E-state index in [1.54, 1.807) is 10.9 Å². The minimum atomic E-state index is -0.328. The summed E-state index contributed by atoms with van der Waals surface area (Å²) in [6, 6.07) is 1.93. The van der Waals surface area contributed by atoms with E-state index >= 15 is 0 Å². The highest BCUT2D eigenvalue weighted by molar-refractivity contribution is 5.05.